The Labute approximate surface area is 142 Å². The molecular formula is C15H13Cl2N5O. The number of nitrogen functional groups attached to an aromatic ring is 1. The van der Waals surface area contributed by atoms with Crippen LogP contribution in [0.4, 0.5) is 5.82 Å². The molecule has 0 fully saturated rings. The number of aromatic nitrogens is 4. The molecule has 2 heterocycles. The van der Waals surface area contributed by atoms with E-state index in [-0.39, 0.29) is 18.3 Å². The zero-order valence-electron chi connectivity index (χ0n) is 12.2. The number of aryl methyl sites for hydroxylation is 1. The Bertz CT molecular complexity index is 829. The van der Waals surface area contributed by atoms with E-state index in [1.807, 2.05) is 13.2 Å². The minimum atomic E-state index is 0.147. The smallest absolute Gasteiger partial charge is 0.258 e. The van der Waals surface area contributed by atoms with Crippen LogP contribution in [0, 0.1) is 0 Å². The molecule has 0 spiro atoms. The fourth-order valence-electron chi connectivity index (χ4n) is 1.99. The van der Waals surface area contributed by atoms with Crippen LogP contribution in [0.2, 0.25) is 10.0 Å². The van der Waals surface area contributed by atoms with Gasteiger partial charge in [-0.05, 0) is 12.1 Å². The van der Waals surface area contributed by atoms with Crippen molar-refractivity contribution in [2.45, 2.75) is 6.61 Å². The van der Waals surface area contributed by atoms with Crippen LogP contribution < -0.4 is 10.5 Å². The monoisotopic (exact) mass is 349 g/mol. The van der Waals surface area contributed by atoms with Gasteiger partial charge < -0.3 is 10.5 Å². The average Bonchev–Trinajstić information content (AvgIpc) is 2.95. The summed E-state index contributed by atoms with van der Waals surface area (Å²) in [5.41, 5.74) is 7.94. The second kappa shape index (κ2) is 6.44. The second-order valence-corrected chi connectivity index (χ2v) is 5.65. The van der Waals surface area contributed by atoms with Gasteiger partial charge in [0.25, 0.3) is 5.88 Å². The van der Waals surface area contributed by atoms with Gasteiger partial charge in [-0.15, -0.1) is 0 Å². The molecule has 3 rings (SSSR count). The Kier molecular flexibility index (Phi) is 4.36. The summed E-state index contributed by atoms with van der Waals surface area (Å²) in [5, 5.41) is 5.15. The molecule has 6 nitrogen and oxygen atoms in total. The second-order valence-electron chi connectivity index (χ2n) is 4.84. The van der Waals surface area contributed by atoms with Gasteiger partial charge in [-0.1, -0.05) is 29.3 Å². The van der Waals surface area contributed by atoms with E-state index in [1.54, 1.807) is 35.3 Å². The number of hydrogen-bond acceptors (Lipinski definition) is 5. The molecular weight excluding hydrogens is 337 g/mol. The van der Waals surface area contributed by atoms with Crippen LogP contribution in [0.5, 0.6) is 5.88 Å². The van der Waals surface area contributed by atoms with Crippen molar-refractivity contribution < 1.29 is 4.74 Å². The topological polar surface area (TPSA) is 78.9 Å². The minimum absolute atomic E-state index is 0.147. The number of hydrogen-bond donors (Lipinski definition) is 1. The molecule has 0 aliphatic rings. The summed E-state index contributed by atoms with van der Waals surface area (Å²) < 4.78 is 7.34. The lowest BCUT2D eigenvalue weighted by molar-refractivity contribution is 0.295. The fraction of sp³-hybridized carbons (Fsp3) is 0.133. The Morgan fingerprint density at radius 1 is 1.22 bits per heavy atom. The number of nitrogens with two attached hydrogens (primary N) is 1. The van der Waals surface area contributed by atoms with Gasteiger partial charge in [-0.2, -0.15) is 5.10 Å². The lowest BCUT2D eigenvalue weighted by Crippen LogP contribution is -2.04. The molecule has 23 heavy (non-hydrogen) atoms. The number of halogens is 2. The average molecular weight is 350 g/mol. The number of ether oxygens (including phenoxy) is 1. The van der Waals surface area contributed by atoms with Crippen molar-refractivity contribution in [1.82, 2.24) is 19.7 Å². The van der Waals surface area contributed by atoms with E-state index in [9.17, 15) is 0 Å². The van der Waals surface area contributed by atoms with Crippen molar-refractivity contribution in [2.24, 2.45) is 7.05 Å². The third kappa shape index (κ3) is 3.38. The molecule has 8 heteroatoms. The summed E-state index contributed by atoms with van der Waals surface area (Å²) >= 11 is 12.2. The first-order valence-electron chi connectivity index (χ1n) is 6.72. The standard InChI is InChI=1S/C15H13Cl2N5O/c1-22-7-9(5-20-22)13-6-19-14(18)15(21-13)23-8-10-11(16)3-2-4-12(10)17/h2-7H,8H2,1H3,(H2,18,19). The van der Waals surface area contributed by atoms with E-state index >= 15 is 0 Å². The van der Waals surface area contributed by atoms with Crippen LogP contribution in [0.15, 0.2) is 36.8 Å². The molecule has 0 atom stereocenters. The molecule has 0 aliphatic carbocycles. The van der Waals surface area contributed by atoms with Crippen LogP contribution in [-0.4, -0.2) is 19.7 Å². The summed E-state index contributed by atoms with van der Waals surface area (Å²) in [6.07, 6.45) is 5.09. The van der Waals surface area contributed by atoms with E-state index in [0.29, 0.717) is 21.3 Å². The van der Waals surface area contributed by atoms with Gasteiger partial charge in [0.05, 0.1) is 18.1 Å². The van der Waals surface area contributed by atoms with Crippen molar-refractivity contribution in [1.29, 1.82) is 0 Å². The summed E-state index contributed by atoms with van der Waals surface area (Å²) in [6.45, 7) is 0.147. The van der Waals surface area contributed by atoms with Crippen LogP contribution in [-0.2, 0) is 13.7 Å². The van der Waals surface area contributed by atoms with Crippen LogP contribution in [0.25, 0.3) is 11.3 Å². The maximum absolute atomic E-state index is 6.12. The highest BCUT2D eigenvalue weighted by molar-refractivity contribution is 6.35. The third-order valence-electron chi connectivity index (χ3n) is 3.18. The van der Waals surface area contributed by atoms with Gasteiger partial charge in [0.15, 0.2) is 5.82 Å². The van der Waals surface area contributed by atoms with Gasteiger partial charge in [0.2, 0.25) is 0 Å². The van der Waals surface area contributed by atoms with Crippen LogP contribution in [0.1, 0.15) is 5.56 Å². The predicted octanol–water partition coefficient (Wildman–Crippen LogP) is 3.35. The Morgan fingerprint density at radius 2 is 1.96 bits per heavy atom. The molecule has 0 saturated carbocycles. The van der Waals surface area contributed by atoms with Crippen molar-refractivity contribution in [3.8, 4) is 17.1 Å². The molecule has 2 aromatic heterocycles. The third-order valence-corrected chi connectivity index (χ3v) is 3.89. The number of nitrogens with zero attached hydrogens (tertiary/aromatic N) is 4. The number of benzene rings is 1. The van der Waals surface area contributed by atoms with E-state index in [0.717, 1.165) is 5.56 Å². The number of anilines is 1. The Hall–Kier alpha value is -2.31. The quantitative estimate of drug-likeness (QED) is 0.781. The van der Waals surface area contributed by atoms with Crippen LogP contribution >= 0.6 is 23.2 Å². The molecule has 1 aromatic carbocycles. The summed E-state index contributed by atoms with van der Waals surface area (Å²) in [5.74, 6) is 0.420. The first-order valence-corrected chi connectivity index (χ1v) is 7.47. The molecule has 118 valence electrons. The molecule has 0 saturated heterocycles. The van der Waals surface area contributed by atoms with Crippen molar-refractivity contribution in [3.63, 3.8) is 0 Å². The molecule has 2 N–H and O–H groups in total. The first kappa shape index (κ1) is 15.6. The van der Waals surface area contributed by atoms with Crippen LogP contribution in [0.3, 0.4) is 0 Å². The molecule has 0 aliphatic heterocycles. The van der Waals surface area contributed by atoms with E-state index in [2.05, 4.69) is 15.1 Å². The van der Waals surface area contributed by atoms with Gasteiger partial charge in [0, 0.05) is 34.4 Å². The van der Waals surface area contributed by atoms with Gasteiger partial charge >= 0.3 is 0 Å². The maximum Gasteiger partial charge on any atom is 0.258 e. The summed E-state index contributed by atoms with van der Waals surface area (Å²) in [7, 11) is 1.82. The first-order chi connectivity index (χ1) is 11.0. The van der Waals surface area contributed by atoms with Gasteiger partial charge in [-0.25, -0.2) is 9.97 Å². The zero-order valence-corrected chi connectivity index (χ0v) is 13.7. The van der Waals surface area contributed by atoms with E-state index in [1.165, 1.54) is 0 Å². The highest BCUT2D eigenvalue weighted by Gasteiger charge is 2.12. The van der Waals surface area contributed by atoms with E-state index < -0.39 is 0 Å². The van der Waals surface area contributed by atoms with Crippen molar-refractivity contribution in [2.75, 3.05) is 5.73 Å². The Morgan fingerprint density at radius 3 is 2.61 bits per heavy atom. The predicted molar refractivity (Wildman–Crippen MR) is 89.4 cm³/mol. The Balaban J connectivity index is 1.85. The molecule has 0 amide bonds. The summed E-state index contributed by atoms with van der Waals surface area (Å²) in [6, 6.07) is 5.26. The van der Waals surface area contributed by atoms with Crippen molar-refractivity contribution in [3.05, 3.63) is 52.4 Å². The highest BCUT2D eigenvalue weighted by atomic mass is 35.5. The van der Waals surface area contributed by atoms with E-state index in [4.69, 9.17) is 33.7 Å². The molecule has 0 bridgehead atoms. The van der Waals surface area contributed by atoms with Gasteiger partial charge in [0.1, 0.15) is 6.61 Å². The van der Waals surface area contributed by atoms with Crippen molar-refractivity contribution >= 4 is 29.0 Å². The fourth-order valence-corrected chi connectivity index (χ4v) is 2.50. The lowest BCUT2D eigenvalue weighted by Gasteiger charge is -2.10. The maximum atomic E-state index is 6.12. The normalized spacial score (nSPS) is 10.7. The van der Waals surface area contributed by atoms with Gasteiger partial charge in [-0.3, -0.25) is 4.68 Å². The lowest BCUT2D eigenvalue weighted by atomic mass is 10.2. The summed E-state index contributed by atoms with van der Waals surface area (Å²) in [4.78, 5) is 8.49. The number of rotatable bonds is 4. The highest BCUT2D eigenvalue weighted by Crippen LogP contribution is 2.27. The molecule has 0 radical (unpaired) electrons. The zero-order chi connectivity index (χ0) is 16.4. The SMILES string of the molecule is Cn1cc(-c2cnc(N)c(OCc3c(Cl)cccc3Cl)n2)cn1. The molecule has 3 aromatic rings. The minimum Gasteiger partial charge on any atom is -0.470 e. The molecule has 0 unspecified atom stereocenters. The largest absolute Gasteiger partial charge is 0.470 e.